The van der Waals surface area contributed by atoms with Crippen LogP contribution in [-0.4, -0.2) is 30.0 Å². The average molecular weight is 364 g/mol. The predicted octanol–water partition coefficient (Wildman–Crippen LogP) is 2.17. The van der Waals surface area contributed by atoms with Crippen LogP contribution in [0.4, 0.5) is 11.4 Å². The van der Waals surface area contributed by atoms with Gasteiger partial charge in [0.25, 0.3) is 11.8 Å². The van der Waals surface area contributed by atoms with Crippen molar-refractivity contribution in [1.82, 2.24) is 0 Å². The summed E-state index contributed by atoms with van der Waals surface area (Å²) in [5.41, 5.74) is -0.0287. The molecule has 136 valence electrons. The zero-order chi connectivity index (χ0) is 19.3. The van der Waals surface area contributed by atoms with E-state index in [4.69, 9.17) is 4.74 Å². The Labute approximate surface area is 154 Å². The number of aryl methyl sites for hydroxylation is 1. The fraction of sp³-hybridized carbons (Fsp3) is 0.150. The Hall–Kier alpha value is -3.61. The van der Waals surface area contributed by atoms with E-state index in [1.165, 1.54) is 0 Å². The summed E-state index contributed by atoms with van der Waals surface area (Å²) in [6.45, 7) is 1.89. The largest absolute Gasteiger partial charge is 0.503 e. The molecule has 7 heteroatoms. The number of hydrogen-bond donors (Lipinski definition) is 2. The molecule has 1 spiro atoms. The van der Waals surface area contributed by atoms with E-state index in [0.29, 0.717) is 16.9 Å². The average Bonchev–Trinajstić information content (AvgIpc) is 3.08. The van der Waals surface area contributed by atoms with Gasteiger partial charge in [0.05, 0.1) is 7.11 Å². The highest BCUT2D eigenvalue weighted by molar-refractivity contribution is 6.27. The first kappa shape index (κ1) is 16.8. The van der Waals surface area contributed by atoms with Crippen molar-refractivity contribution in [2.24, 2.45) is 0 Å². The molecule has 2 aromatic carbocycles. The first-order valence-corrected chi connectivity index (χ1v) is 8.27. The molecule has 2 aliphatic rings. The number of hydrogen-bond acceptors (Lipinski definition) is 5. The first-order chi connectivity index (χ1) is 12.9. The third-order valence-corrected chi connectivity index (χ3v) is 4.92. The van der Waals surface area contributed by atoms with E-state index in [-0.39, 0.29) is 0 Å². The molecule has 2 aliphatic heterocycles. The minimum absolute atomic E-state index is 0.378. The number of rotatable bonds is 2. The van der Waals surface area contributed by atoms with Gasteiger partial charge in [0.15, 0.2) is 11.3 Å². The number of fused-ring (bicyclic) bond motifs is 2. The first-order valence-electron chi connectivity index (χ1n) is 8.27. The molecule has 1 unspecified atom stereocenters. The Morgan fingerprint density at radius 2 is 1.78 bits per heavy atom. The second kappa shape index (κ2) is 5.70. The number of anilines is 2. The van der Waals surface area contributed by atoms with Crippen molar-refractivity contribution in [3.05, 3.63) is 71.0 Å². The van der Waals surface area contributed by atoms with Crippen LogP contribution in [0.2, 0.25) is 0 Å². The molecular formula is C20H16N2O5. The summed E-state index contributed by atoms with van der Waals surface area (Å²) in [6.07, 6.45) is 0. The van der Waals surface area contributed by atoms with Gasteiger partial charge in [0.1, 0.15) is 5.57 Å². The van der Waals surface area contributed by atoms with Crippen LogP contribution in [0, 0.1) is 6.92 Å². The zero-order valence-corrected chi connectivity index (χ0v) is 14.6. The molecular weight excluding hydrogens is 348 g/mol. The Bertz CT molecular complexity index is 1020. The number of carbonyl (C=O) groups excluding carboxylic acids is 3. The van der Waals surface area contributed by atoms with Crippen LogP contribution in [0.25, 0.3) is 0 Å². The van der Waals surface area contributed by atoms with Crippen LogP contribution in [-0.2, 0) is 24.7 Å². The van der Waals surface area contributed by atoms with Crippen molar-refractivity contribution in [3.8, 4) is 0 Å². The number of nitrogens with one attached hydrogen (secondary N) is 1. The summed E-state index contributed by atoms with van der Waals surface area (Å²) in [7, 11) is 1.13. The standard InChI is InChI=1S/C20H16N2O5/c1-11-7-9-12(10-8-11)22-17(24)16(23)15(18(25)27-2)20(22)13-5-3-4-6-14(13)21-19(20)26/h3-10,23H,1-2H3,(H,21,26). The quantitative estimate of drug-likeness (QED) is 0.797. The maximum absolute atomic E-state index is 13.2. The summed E-state index contributed by atoms with van der Waals surface area (Å²) in [5.74, 6) is -3.19. The highest BCUT2D eigenvalue weighted by Gasteiger charge is 2.65. The Morgan fingerprint density at radius 1 is 1.11 bits per heavy atom. The van der Waals surface area contributed by atoms with Crippen molar-refractivity contribution in [3.63, 3.8) is 0 Å². The van der Waals surface area contributed by atoms with Crippen LogP contribution < -0.4 is 10.2 Å². The van der Waals surface area contributed by atoms with E-state index < -0.39 is 34.7 Å². The number of aliphatic hydroxyl groups excluding tert-OH is 1. The fourth-order valence-electron chi connectivity index (χ4n) is 3.71. The van der Waals surface area contributed by atoms with E-state index >= 15 is 0 Å². The molecule has 0 aliphatic carbocycles. The van der Waals surface area contributed by atoms with Crippen molar-refractivity contribution in [2.45, 2.75) is 12.5 Å². The molecule has 7 nitrogen and oxygen atoms in total. The summed E-state index contributed by atoms with van der Waals surface area (Å²) in [6, 6.07) is 13.6. The fourth-order valence-corrected chi connectivity index (χ4v) is 3.71. The number of esters is 1. The van der Waals surface area contributed by atoms with E-state index in [1.54, 1.807) is 48.5 Å². The van der Waals surface area contributed by atoms with E-state index in [1.807, 2.05) is 6.92 Å². The molecule has 0 radical (unpaired) electrons. The molecule has 0 saturated carbocycles. The molecule has 2 N–H and O–H groups in total. The molecule has 4 rings (SSSR count). The van der Waals surface area contributed by atoms with Crippen molar-refractivity contribution in [1.29, 1.82) is 0 Å². The molecule has 0 saturated heterocycles. The third kappa shape index (κ3) is 2.05. The second-order valence-corrected chi connectivity index (χ2v) is 6.40. The van der Waals surface area contributed by atoms with Crippen molar-refractivity contribution >= 4 is 29.2 Å². The van der Waals surface area contributed by atoms with Crippen molar-refractivity contribution in [2.75, 3.05) is 17.3 Å². The number of aliphatic hydroxyl groups is 1. The van der Waals surface area contributed by atoms with E-state index in [9.17, 15) is 19.5 Å². The Morgan fingerprint density at radius 3 is 2.44 bits per heavy atom. The van der Waals surface area contributed by atoms with Crippen LogP contribution in [0.5, 0.6) is 0 Å². The molecule has 2 aromatic rings. The number of amides is 2. The minimum atomic E-state index is -1.83. The predicted molar refractivity (Wildman–Crippen MR) is 97.1 cm³/mol. The maximum Gasteiger partial charge on any atom is 0.341 e. The molecule has 2 amide bonds. The normalized spacial score (nSPS) is 20.9. The van der Waals surface area contributed by atoms with Gasteiger partial charge < -0.3 is 15.2 Å². The third-order valence-electron chi connectivity index (χ3n) is 4.92. The van der Waals surface area contributed by atoms with Gasteiger partial charge in [-0.05, 0) is 25.1 Å². The summed E-state index contributed by atoms with van der Waals surface area (Å²) < 4.78 is 4.79. The van der Waals surface area contributed by atoms with Gasteiger partial charge in [-0.2, -0.15) is 0 Å². The highest BCUT2D eigenvalue weighted by atomic mass is 16.5. The molecule has 0 bridgehead atoms. The van der Waals surface area contributed by atoms with Gasteiger partial charge in [-0.3, -0.25) is 14.5 Å². The summed E-state index contributed by atoms with van der Waals surface area (Å²) in [5, 5.41) is 13.2. The van der Waals surface area contributed by atoms with Gasteiger partial charge in [-0.15, -0.1) is 0 Å². The monoisotopic (exact) mass is 364 g/mol. The number of ether oxygens (including phenoxy) is 1. The SMILES string of the molecule is COC(=O)C1=C(O)C(=O)N(c2ccc(C)cc2)C12C(=O)Nc1ccccc12. The molecule has 27 heavy (non-hydrogen) atoms. The van der Waals surface area contributed by atoms with Crippen LogP contribution in [0.3, 0.4) is 0 Å². The van der Waals surface area contributed by atoms with Gasteiger partial charge >= 0.3 is 5.97 Å². The van der Waals surface area contributed by atoms with Crippen LogP contribution in [0.15, 0.2) is 59.9 Å². The minimum Gasteiger partial charge on any atom is -0.503 e. The van der Waals surface area contributed by atoms with Gasteiger partial charge in [-0.25, -0.2) is 4.79 Å². The number of nitrogens with zero attached hydrogens (tertiary/aromatic N) is 1. The summed E-state index contributed by atoms with van der Waals surface area (Å²) in [4.78, 5) is 39.8. The van der Waals surface area contributed by atoms with E-state index in [2.05, 4.69) is 5.32 Å². The Kier molecular flexibility index (Phi) is 3.56. The lowest BCUT2D eigenvalue weighted by Gasteiger charge is -2.34. The van der Waals surface area contributed by atoms with Crippen molar-refractivity contribution < 1.29 is 24.2 Å². The topological polar surface area (TPSA) is 95.9 Å². The lowest BCUT2D eigenvalue weighted by Crippen LogP contribution is -2.52. The molecule has 2 heterocycles. The molecule has 1 atom stereocenters. The maximum atomic E-state index is 13.2. The van der Waals surface area contributed by atoms with Crippen LogP contribution >= 0.6 is 0 Å². The lowest BCUT2D eigenvalue weighted by atomic mass is 9.83. The second-order valence-electron chi connectivity index (χ2n) is 6.40. The number of carbonyl (C=O) groups is 3. The zero-order valence-electron chi connectivity index (χ0n) is 14.6. The van der Waals surface area contributed by atoms with Crippen LogP contribution in [0.1, 0.15) is 11.1 Å². The summed E-state index contributed by atoms with van der Waals surface area (Å²) >= 11 is 0. The molecule has 0 aromatic heterocycles. The number of benzene rings is 2. The van der Waals surface area contributed by atoms with Gasteiger partial charge in [0.2, 0.25) is 0 Å². The van der Waals surface area contributed by atoms with Gasteiger partial charge in [-0.1, -0.05) is 35.9 Å². The highest BCUT2D eigenvalue weighted by Crippen LogP contribution is 2.52. The van der Waals surface area contributed by atoms with E-state index in [0.717, 1.165) is 17.6 Å². The van der Waals surface area contributed by atoms with Gasteiger partial charge in [0, 0.05) is 16.9 Å². The Balaban J connectivity index is 2.06. The number of para-hydroxylation sites is 1. The lowest BCUT2D eigenvalue weighted by molar-refractivity contribution is -0.138. The smallest absolute Gasteiger partial charge is 0.341 e. The number of methoxy groups -OCH3 is 1. The molecule has 0 fully saturated rings.